The fourth-order valence-corrected chi connectivity index (χ4v) is 10.6. The third-order valence-electron chi connectivity index (χ3n) is 13.8. The highest BCUT2D eigenvalue weighted by molar-refractivity contribution is 6.16. The van der Waals surface area contributed by atoms with E-state index in [0.29, 0.717) is 0 Å². The lowest BCUT2D eigenvalue weighted by Gasteiger charge is -2.28. The van der Waals surface area contributed by atoms with Crippen molar-refractivity contribution < 1.29 is 8.83 Å². The molecule has 0 saturated carbocycles. The molecule has 3 aromatic heterocycles. The van der Waals surface area contributed by atoms with E-state index < -0.39 is 0 Å². The van der Waals surface area contributed by atoms with Crippen molar-refractivity contribution in [2.45, 2.75) is 0 Å². The molecule has 4 nitrogen and oxygen atoms in total. The largest absolute Gasteiger partial charge is 0.456 e. The minimum Gasteiger partial charge on any atom is -0.456 e. The zero-order valence-corrected chi connectivity index (χ0v) is 36.8. The predicted octanol–water partition coefficient (Wildman–Crippen LogP) is 18.2. The van der Waals surface area contributed by atoms with Gasteiger partial charge in [0.25, 0.3) is 0 Å². The first-order valence-corrected chi connectivity index (χ1v) is 23.2. The number of furan rings is 2. The van der Waals surface area contributed by atoms with Gasteiger partial charge in [-0.25, -0.2) is 0 Å². The lowest BCUT2D eigenvalue weighted by molar-refractivity contribution is 0.669. The van der Waals surface area contributed by atoms with Crippen molar-refractivity contribution in [3.63, 3.8) is 0 Å². The molecule has 14 aromatic rings. The van der Waals surface area contributed by atoms with Crippen molar-refractivity contribution in [3.8, 4) is 39.1 Å². The molecule has 0 amide bonds. The van der Waals surface area contributed by atoms with Crippen LogP contribution in [0, 0.1) is 0 Å². The number of hydrogen-bond donors (Lipinski definition) is 0. The summed E-state index contributed by atoms with van der Waals surface area (Å²) < 4.78 is 15.2. The van der Waals surface area contributed by atoms with Crippen LogP contribution in [0.1, 0.15) is 0 Å². The topological polar surface area (TPSA) is 34.5 Å². The van der Waals surface area contributed by atoms with Gasteiger partial charge in [0.1, 0.15) is 22.3 Å². The quantitative estimate of drug-likeness (QED) is 0.160. The van der Waals surface area contributed by atoms with Gasteiger partial charge in [-0.2, -0.15) is 0 Å². The van der Waals surface area contributed by atoms with Gasteiger partial charge in [-0.1, -0.05) is 158 Å². The highest BCUT2D eigenvalue weighted by Gasteiger charge is 2.21. The zero-order valence-electron chi connectivity index (χ0n) is 36.8. The van der Waals surface area contributed by atoms with Crippen LogP contribution in [-0.2, 0) is 0 Å². The molecule has 0 aliphatic rings. The molecule has 0 bridgehead atoms. The van der Waals surface area contributed by atoms with Crippen molar-refractivity contribution >= 4 is 93.5 Å². The van der Waals surface area contributed by atoms with Crippen LogP contribution in [0.2, 0.25) is 0 Å². The van der Waals surface area contributed by atoms with E-state index in [-0.39, 0.29) is 0 Å². The van der Waals surface area contributed by atoms with Gasteiger partial charge in [-0.3, -0.25) is 0 Å². The van der Waals surface area contributed by atoms with Crippen LogP contribution in [0.4, 0.5) is 17.1 Å². The van der Waals surface area contributed by atoms with E-state index in [1.54, 1.807) is 0 Å². The second-order valence-electron chi connectivity index (χ2n) is 17.6. The maximum Gasteiger partial charge on any atom is 0.143 e. The summed E-state index contributed by atoms with van der Waals surface area (Å²) in [4.78, 5) is 2.39. The highest BCUT2D eigenvalue weighted by Crippen LogP contribution is 2.45. The van der Waals surface area contributed by atoms with Crippen LogP contribution in [0.5, 0.6) is 0 Å². The number of nitrogens with zero attached hydrogens (tertiary/aromatic N) is 2. The Labute approximate surface area is 391 Å². The molecule has 0 aliphatic heterocycles. The molecule has 14 rings (SSSR count). The normalized spacial score (nSPS) is 11.8. The van der Waals surface area contributed by atoms with E-state index >= 15 is 0 Å². The molecule has 0 unspecified atom stereocenters. The summed E-state index contributed by atoms with van der Waals surface area (Å²) in [6.45, 7) is 0. The third kappa shape index (κ3) is 6.01. The summed E-state index contributed by atoms with van der Waals surface area (Å²) in [7, 11) is 0. The van der Waals surface area contributed by atoms with Gasteiger partial charge < -0.3 is 18.3 Å². The smallest absolute Gasteiger partial charge is 0.143 e. The number of rotatable bonds is 7. The van der Waals surface area contributed by atoms with Crippen LogP contribution < -0.4 is 4.90 Å². The second kappa shape index (κ2) is 15.2. The van der Waals surface area contributed by atoms with Crippen LogP contribution >= 0.6 is 0 Å². The summed E-state index contributed by atoms with van der Waals surface area (Å²) in [5.41, 5.74) is 17.1. The zero-order chi connectivity index (χ0) is 44.7. The molecule has 0 N–H and O–H groups in total. The van der Waals surface area contributed by atoms with Crippen molar-refractivity contribution in [1.29, 1.82) is 0 Å². The van der Waals surface area contributed by atoms with Gasteiger partial charge in [-0.05, 0) is 118 Å². The van der Waals surface area contributed by atoms with Gasteiger partial charge in [0.05, 0.1) is 16.7 Å². The van der Waals surface area contributed by atoms with Crippen molar-refractivity contribution in [1.82, 2.24) is 4.57 Å². The predicted molar refractivity (Wildman–Crippen MR) is 284 cm³/mol. The average Bonchev–Trinajstić information content (AvgIpc) is 4.09. The molecule has 0 saturated heterocycles. The van der Waals surface area contributed by atoms with Gasteiger partial charge in [0.2, 0.25) is 0 Å². The number of hydrogen-bond acceptors (Lipinski definition) is 3. The van der Waals surface area contributed by atoms with Gasteiger partial charge >= 0.3 is 0 Å². The average molecular weight is 869 g/mol. The summed E-state index contributed by atoms with van der Waals surface area (Å²) in [5.74, 6) is 0. The molecule has 0 atom stereocenters. The molecule has 0 radical (unpaired) electrons. The first kappa shape index (κ1) is 38.2. The molecule has 11 aromatic carbocycles. The molecule has 0 spiro atoms. The lowest BCUT2D eigenvalue weighted by atomic mass is 9.97. The summed E-state index contributed by atoms with van der Waals surface area (Å²) in [6.07, 6.45) is 0. The fourth-order valence-electron chi connectivity index (χ4n) is 10.6. The first-order valence-electron chi connectivity index (χ1n) is 23.2. The minimum absolute atomic E-state index is 0.878. The van der Waals surface area contributed by atoms with Crippen molar-refractivity contribution in [3.05, 3.63) is 243 Å². The molecule has 3 heterocycles. The number of para-hydroxylation sites is 4. The Morgan fingerprint density at radius 1 is 0.324 bits per heavy atom. The van der Waals surface area contributed by atoms with E-state index in [2.05, 4.69) is 240 Å². The van der Waals surface area contributed by atoms with E-state index in [9.17, 15) is 0 Å². The molecular formula is C64H40N2O2. The number of benzene rings is 11. The van der Waals surface area contributed by atoms with Crippen molar-refractivity contribution in [2.24, 2.45) is 0 Å². The first-order chi connectivity index (χ1) is 33.7. The van der Waals surface area contributed by atoms with Gasteiger partial charge in [0.15, 0.2) is 0 Å². The minimum atomic E-state index is 0.878. The van der Waals surface area contributed by atoms with E-state index in [0.717, 1.165) is 105 Å². The van der Waals surface area contributed by atoms with Gasteiger partial charge in [-0.15, -0.1) is 0 Å². The number of fused-ring (bicyclic) bond motifs is 11. The Morgan fingerprint density at radius 2 is 0.926 bits per heavy atom. The molecule has 4 heteroatoms. The number of anilines is 3. The standard InChI is InChI=1S/C64H40N2O2/c1-2-17-51-42(13-1)31-37-54-56-40-45(32-38-61(56)68-64(51)54)49-16-3-7-22-57(49)65(47-35-29-43(30-36-47)50-21-12-26-62-63(50)55-20-6-10-25-60(55)67-62)46-33-27-41(28-34-46)44-14-11-15-48(39-44)66-58-23-8-4-18-52(58)53-19-5-9-24-59(53)66/h1-40H. The molecule has 318 valence electrons. The van der Waals surface area contributed by atoms with Gasteiger partial charge in [0, 0.05) is 60.3 Å². The molecule has 68 heavy (non-hydrogen) atoms. The van der Waals surface area contributed by atoms with E-state index in [1.807, 2.05) is 12.1 Å². The summed E-state index contributed by atoms with van der Waals surface area (Å²) >= 11 is 0. The lowest BCUT2D eigenvalue weighted by Crippen LogP contribution is -2.11. The summed E-state index contributed by atoms with van der Waals surface area (Å²) in [5, 5.41) is 9.26. The fraction of sp³-hybridized carbons (Fsp3) is 0. The van der Waals surface area contributed by atoms with Crippen molar-refractivity contribution in [2.75, 3.05) is 4.90 Å². The van der Waals surface area contributed by atoms with Crippen LogP contribution in [0.3, 0.4) is 0 Å². The maximum atomic E-state index is 6.56. The van der Waals surface area contributed by atoms with E-state index in [1.165, 1.54) is 27.2 Å². The monoisotopic (exact) mass is 868 g/mol. The van der Waals surface area contributed by atoms with E-state index in [4.69, 9.17) is 8.83 Å². The Hall–Kier alpha value is -9.12. The highest BCUT2D eigenvalue weighted by atomic mass is 16.3. The summed E-state index contributed by atoms with van der Waals surface area (Å²) in [6, 6.07) is 87.0. The Balaban J connectivity index is 0.899. The molecule has 0 aliphatic carbocycles. The van der Waals surface area contributed by atoms with Crippen LogP contribution in [-0.4, -0.2) is 4.57 Å². The SMILES string of the molecule is c1cc(-c2ccc(N(c3ccc(-c4cccc5oc6ccccc6c45)cc3)c3ccccc3-c3ccc4oc5c6ccccc6ccc5c4c3)cc2)cc(-n2c3ccccc3c3ccccc32)c1. The second-order valence-corrected chi connectivity index (χ2v) is 17.6. The third-order valence-corrected chi connectivity index (χ3v) is 13.8. The number of aromatic nitrogens is 1. The Morgan fingerprint density at radius 3 is 1.72 bits per heavy atom. The van der Waals surface area contributed by atoms with Crippen LogP contribution in [0.25, 0.3) is 116 Å². The molecular weight excluding hydrogens is 829 g/mol. The Kier molecular flexibility index (Phi) is 8.55. The Bertz CT molecular complexity index is 4210. The maximum absolute atomic E-state index is 6.56. The van der Waals surface area contributed by atoms with Crippen LogP contribution in [0.15, 0.2) is 251 Å². The molecule has 0 fully saturated rings.